The number of carboxylic acid groups (broad SMARTS) is 1. The highest BCUT2D eigenvalue weighted by Gasteiger charge is 2.10. The average Bonchev–Trinajstić information content (AvgIpc) is 2.02. The van der Waals surface area contributed by atoms with Gasteiger partial charge >= 0.3 is 11.9 Å². The first-order valence-electron chi connectivity index (χ1n) is 3.64. The smallest absolute Gasteiger partial charge is 0.338 e. The Morgan fingerprint density at radius 2 is 1.69 bits per heavy atom. The lowest BCUT2D eigenvalue weighted by molar-refractivity contribution is -0.135. The number of rotatable bonds is 3. The molecule has 4 nitrogen and oxygen atoms in total. The molecule has 0 aliphatic rings. The van der Waals surface area contributed by atoms with E-state index in [1.54, 1.807) is 0 Å². The summed E-state index contributed by atoms with van der Waals surface area (Å²) in [4.78, 5) is 21.4. The lowest BCUT2D eigenvalue weighted by Gasteiger charge is -2.05. The molecule has 13 heavy (non-hydrogen) atoms. The molecule has 0 radical (unpaired) electrons. The monoisotopic (exact) mass is 184 g/mol. The molecule has 0 amide bonds. The standard InChI is InChI=1S/C9H12O4/c1-5(2)9(12)13-7(4)6(3)8(10)11/h1H2,2-4H3,(H,10,11). The van der Waals surface area contributed by atoms with Crippen molar-refractivity contribution in [3.05, 3.63) is 23.5 Å². The molecule has 0 heterocycles. The van der Waals surface area contributed by atoms with Gasteiger partial charge in [0.2, 0.25) is 0 Å². The van der Waals surface area contributed by atoms with Gasteiger partial charge in [-0.3, -0.25) is 0 Å². The highest BCUT2D eigenvalue weighted by atomic mass is 16.5. The summed E-state index contributed by atoms with van der Waals surface area (Å²) in [7, 11) is 0. The first kappa shape index (κ1) is 11.4. The number of hydrogen-bond donors (Lipinski definition) is 1. The van der Waals surface area contributed by atoms with Gasteiger partial charge in [0.05, 0.1) is 5.57 Å². The summed E-state index contributed by atoms with van der Waals surface area (Å²) in [5.41, 5.74) is 0.243. The van der Waals surface area contributed by atoms with Crippen LogP contribution in [0.5, 0.6) is 0 Å². The van der Waals surface area contributed by atoms with Gasteiger partial charge in [-0.2, -0.15) is 0 Å². The second-order valence-electron chi connectivity index (χ2n) is 2.66. The van der Waals surface area contributed by atoms with Crippen molar-refractivity contribution in [3.63, 3.8) is 0 Å². The summed E-state index contributed by atoms with van der Waals surface area (Å²) >= 11 is 0. The Balaban J connectivity index is 4.55. The number of carbonyl (C=O) groups excluding carboxylic acids is 1. The number of ether oxygens (including phenoxy) is 1. The topological polar surface area (TPSA) is 63.6 Å². The van der Waals surface area contributed by atoms with Crippen LogP contribution < -0.4 is 0 Å². The number of esters is 1. The largest absolute Gasteiger partial charge is 0.478 e. The minimum absolute atomic E-state index is 0.00889. The SMILES string of the molecule is C=C(C)C(=O)OC(C)=C(C)C(=O)O. The summed E-state index contributed by atoms with van der Waals surface area (Å²) in [5.74, 6) is -1.63. The Morgan fingerprint density at radius 1 is 1.23 bits per heavy atom. The Bertz CT molecular complexity index is 286. The fraction of sp³-hybridized carbons (Fsp3) is 0.333. The molecule has 0 atom stereocenters. The highest BCUT2D eigenvalue weighted by molar-refractivity contribution is 5.90. The third kappa shape index (κ3) is 3.55. The van der Waals surface area contributed by atoms with Crippen LogP contribution in [0.25, 0.3) is 0 Å². The fourth-order valence-electron chi connectivity index (χ4n) is 0.453. The zero-order valence-corrected chi connectivity index (χ0v) is 7.88. The molecule has 0 aromatic heterocycles. The molecule has 0 saturated heterocycles. The normalized spacial score (nSPS) is 11.6. The van der Waals surface area contributed by atoms with Crippen LogP contribution in [-0.4, -0.2) is 17.0 Å². The Hall–Kier alpha value is -1.58. The molecular weight excluding hydrogens is 172 g/mol. The maximum atomic E-state index is 10.9. The zero-order valence-electron chi connectivity index (χ0n) is 7.88. The Kier molecular flexibility index (Phi) is 3.91. The number of carbonyl (C=O) groups is 2. The van der Waals surface area contributed by atoms with Crippen molar-refractivity contribution in [2.24, 2.45) is 0 Å². The van der Waals surface area contributed by atoms with Crippen LogP contribution in [0.1, 0.15) is 20.8 Å². The predicted molar refractivity (Wildman–Crippen MR) is 46.9 cm³/mol. The summed E-state index contributed by atoms with van der Waals surface area (Å²) in [5, 5.41) is 8.53. The molecule has 0 aromatic rings. The lowest BCUT2D eigenvalue weighted by atomic mass is 10.2. The number of allylic oxidation sites excluding steroid dienone is 1. The molecule has 0 aromatic carbocycles. The molecule has 0 aliphatic heterocycles. The van der Waals surface area contributed by atoms with Gasteiger partial charge in [-0.15, -0.1) is 0 Å². The molecule has 0 saturated carbocycles. The van der Waals surface area contributed by atoms with E-state index in [-0.39, 0.29) is 16.9 Å². The van der Waals surface area contributed by atoms with Crippen LogP contribution in [-0.2, 0) is 14.3 Å². The van der Waals surface area contributed by atoms with Gasteiger partial charge < -0.3 is 9.84 Å². The molecule has 0 bridgehead atoms. The van der Waals surface area contributed by atoms with Gasteiger partial charge in [-0.25, -0.2) is 9.59 Å². The van der Waals surface area contributed by atoms with Crippen LogP contribution >= 0.6 is 0 Å². The quantitative estimate of drug-likeness (QED) is 0.410. The third-order valence-electron chi connectivity index (χ3n) is 1.44. The van der Waals surface area contributed by atoms with Gasteiger partial charge in [0.25, 0.3) is 0 Å². The number of hydrogen-bond acceptors (Lipinski definition) is 3. The van der Waals surface area contributed by atoms with Crippen molar-refractivity contribution in [1.82, 2.24) is 0 Å². The van der Waals surface area contributed by atoms with Gasteiger partial charge in [0.1, 0.15) is 5.76 Å². The van der Waals surface area contributed by atoms with Crippen LogP contribution in [0.3, 0.4) is 0 Å². The van der Waals surface area contributed by atoms with Gasteiger partial charge in [0, 0.05) is 5.57 Å². The summed E-state index contributed by atoms with van der Waals surface area (Å²) in [6.45, 7) is 7.64. The van der Waals surface area contributed by atoms with E-state index < -0.39 is 11.9 Å². The molecule has 1 N–H and O–H groups in total. The first-order valence-corrected chi connectivity index (χ1v) is 3.64. The molecule has 4 heteroatoms. The van der Waals surface area contributed by atoms with Crippen molar-refractivity contribution in [3.8, 4) is 0 Å². The predicted octanol–water partition coefficient (Wildman–Crippen LogP) is 1.48. The van der Waals surface area contributed by atoms with E-state index in [0.717, 1.165) is 0 Å². The van der Waals surface area contributed by atoms with Crippen molar-refractivity contribution in [2.45, 2.75) is 20.8 Å². The minimum atomic E-state index is -1.10. The van der Waals surface area contributed by atoms with Crippen molar-refractivity contribution < 1.29 is 19.4 Å². The summed E-state index contributed by atoms with van der Waals surface area (Å²) in [6, 6.07) is 0. The second kappa shape index (κ2) is 4.45. The van der Waals surface area contributed by atoms with Gasteiger partial charge in [0.15, 0.2) is 0 Å². The van der Waals surface area contributed by atoms with Crippen molar-refractivity contribution in [1.29, 1.82) is 0 Å². The summed E-state index contributed by atoms with van der Waals surface area (Å²) in [6.07, 6.45) is 0. The molecule has 0 spiro atoms. The molecule has 0 rings (SSSR count). The molecule has 72 valence electrons. The maximum absolute atomic E-state index is 10.9. The van der Waals surface area contributed by atoms with E-state index in [9.17, 15) is 9.59 Å². The van der Waals surface area contributed by atoms with E-state index in [0.29, 0.717) is 0 Å². The van der Waals surface area contributed by atoms with E-state index >= 15 is 0 Å². The number of carboxylic acids is 1. The second-order valence-corrected chi connectivity index (χ2v) is 2.66. The molecule has 0 unspecified atom stereocenters. The average molecular weight is 184 g/mol. The Labute approximate surface area is 76.5 Å². The fourth-order valence-corrected chi connectivity index (χ4v) is 0.453. The van der Waals surface area contributed by atoms with Crippen LogP contribution in [0.4, 0.5) is 0 Å². The molecule has 0 aliphatic carbocycles. The lowest BCUT2D eigenvalue weighted by Crippen LogP contribution is -2.08. The van der Waals surface area contributed by atoms with E-state index in [2.05, 4.69) is 6.58 Å². The van der Waals surface area contributed by atoms with E-state index in [4.69, 9.17) is 9.84 Å². The van der Waals surface area contributed by atoms with Crippen molar-refractivity contribution >= 4 is 11.9 Å². The minimum Gasteiger partial charge on any atom is -0.478 e. The maximum Gasteiger partial charge on any atom is 0.338 e. The van der Waals surface area contributed by atoms with Crippen molar-refractivity contribution in [2.75, 3.05) is 0 Å². The number of aliphatic carboxylic acids is 1. The first-order chi connectivity index (χ1) is 5.86. The highest BCUT2D eigenvalue weighted by Crippen LogP contribution is 2.07. The van der Waals surface area contributed by atoms with Gasteiger partial charge in [-0.05, 0) is 20.8 Å². The van der Waals surface area contributed by atoms with Gasteiger partial charge in [-0.1, -0.05) is 6.58 Å². The third-order valence-corrected chi connectivity index (χ3v) is 1.44. The van der Waals surface area contributed by atoms with Crippen LogP contribution in [0.2, 0.25) is 0 Å². The zero-order chi connectivity index (χ0) is 10.6. The van der Waals surface area contributed by atoms with Crippen LogP contribution in [0.15, 0.2) is 23.5 Å². The van der Waals surface area contributed by atoms with E-state index in [1.165, 1.54) is 20.8 Å². The summed E-state index contributed by atoms with van der Waals surface area (Å²) < 4.78 is 4.70. The van der Waals surface area contributed by atoms with E-state index in [1.807, 2.05) is 0 Å². The van der Waals surface area contributed by atoms with Crippen LogP contribution in [0, 0.1) is 0 Å². The Morgan fingerprint density at radius 3 is 2.00 bits per heavy atom. The molecule has 0 fully saturated rings. The molecular formula is C9H12O4.